The van der Waals surface area contributed by atoms with Crippen molar-refractivity contribution in [2.45, 2.75) is 122 Å². The summed E-state index contributed by atoms with van der Waals surface area (Å²) in [6.45, 7) is 4.79. The van der Waals surface area contributed by atoms with Gasteiger partial charge in [0.1, 0.15) is 0 Å². The summed E-state index contributed by atoms with van der Waals surface area (Å²) in [6, 6.07) is 0. The summed E-state index contributed by atoms with van der Waals surface area (Å²) in [7, 11) is 0. The zero-order chi connectivity index (χ0) is 18.6. The van der Waals surface area contributed by atoms with Gasteiger partial charge in [0.05, 0.1) is 11.9 Å². The van der Waals surface area contributed by atoms with Gasteiger partial charge in [0.25, 0.3) is 0 Å². The molecule has 0 aromatic heterocycles. The maximum Gasteiger partial charge on any atom is 0.318 e. The van der Waals surface area contributed by atoms with Gasteiger partial charge in [-0.3, -0.25) is 4.79 Å². The first-order valence-corrected chi connectivity index (χ1v) is 12.2. The van der Waals surface area contributed by atoms with Crippen LogP contribution in [0, 0.1) is 0 Å². The number of rotatable bonds is 19. The van der Waals surface area contributed by atoms with Crippen LogP contribution in [0.4, 0.5) is 0 Å². The molecule has 150 valence electrons. The highest BCUT2D eigenvalue weighted by atomic mass is 32.2. The standard InChI is InChI=1S/C22H44O2S/c1-4-5-6-7-8-9-10-11-12-13-14-15-16-17-18-19-20-24-22(23)21(2)25-3/h21H,4-20H2,1-3H3. The van der Waals surface area contributed by atoms with Crippen LogP contribution in [-0.4, -0.2) is 24.1 Å². The van der Waals surface area contributed by atoms with E-state index in [2.05, 4.69) is 6.92 Å². The summed E-state index contributed by atoms with van der Waals surface area (Å²) in [5, 5.41) is -0.0268. The van der Waals surface area contributed by atoms with E-state index in [1.165, 1.54) is 96.3 Å². The fraction of sp³-hybridized carbons (Fsp3) is 0.955. The van der Waals surface area contributed by atoms with E-state index in [0.29, 0.717) is 6.61 Å². The SMILES string of the molecule is CCCCCCCCCCCCCCCCCCOC(=O)C(C)SC. The van der Waals surface area contributed by atoms with Gasteiger partial charge in [-0.25, -0.2) is 0 Å². The fourth-order valence-electron chi connectivity index (χ4n) is 3.04. The molecule has 3 heteroatoms. The van der Waals surface area contributed by atoms with E-state index >= 15 is 0 Å². The molecule has 0 aliphatic heterocycles. The number of esters is 1. The monoisotopic (exact) mass is 372 g/mol. The molecule has 0 bridgehead atoms. The van der Waals surface area contributed by atoms with Crippen LogP contribution < -0.4 is 0 Å². The molecule has 0 fully saturated rings. The van der Waals surface area contributed by atoms with Crippen molar-refractivity contribution in [3.05, 3.63) is 0 Å². The van der Waals surface area contributed by atoms with Crippen molar-refractivity contribution in [2.75, 3.05) is 12.9 Å². The summed E-state index contributed by atoms with van der Waals surface area (Å²) in [4.78, 5) is 11.5. The lowest BCUT2D eigenvalue weighted by Gasteiger charge is -2.08. The summed E-state index contributed by atoms with van der Waals surface area (Å²) >= 11 is 1.55. The van der Waals surface area contributed by atoms with Crippen LogP contribution in [0.2, 0.25) is 0 Å². The minimum absolute atomic E-state index is 0.0268. The number of carbonyl (C=O) groups excluding carboxylic acids is 1. The predicted molar refractivity (Wildman–Crippen MR) is 113 cm³/mol. The second-order valence-electron chi connectivity index (χ2n) is 7.35. The van der Waals surface area contributed by atoms with Crippen molar-refractivity contribution < 1.29 is 9.53 Å². The van der Waals surface area contributed by atoms with Gasteiger partial charge in [0.2, 0.25) is 0 Å². The van der Waals surface area contributed by atoms with Gasteiger partial charge in [-0.05, 0) is 19.6 Å². The predicted octanol–water partition coefficient (Wildman–Crippen LogP) is 7.54. The van der Waals surface area contributed by atoms with Gasteiger partial charge < -0.3 is 4.74 Å². The van der Waals surface area contributed by atoms with Crippen LogP contribution in [0.25, 0.3) is 0 Å². The third-order valence-electron chi connectivity index (χ3n) is 4.93. The van der Waals surface area contributed by atoms with Crippen molar-refractivity contribution in [3.63, 3.8) is 0 Å². The molecule has 0 saturated carbocycles. The Hall–Kier alpha value is -0.180. The minimum Gasteiger partial charge on any atom is -0.465 e. The molecule has 0 N–H and O–H groups in total. The lowest BCUT2D eigenvalue weighted by molar-refractivity contribution is -0.142. The first-order chi connectivity index (χ1) is 12.2. The third-order valence-corrected chi connectivity index (χ3v) is 5.83. The topological polar surface area (TPSA) is 26.3 Å². The molecule has 0 spiro atoms. The fourth-order valence-corrected chi connectivity index (χ4v) is 3.30. The molecule has 0 aliphatic carbocycles. The molecule has 25 heavy (non-hydrogen) atoms. The highest BCUT2D eigenvalue weighted by molar-refractivity contribution is 7.99. The normalized spacial score (nSPS) is 12.3. The van der Waals surface area contributed by atoms with E-state index < -0.39 is 0 Å². The summed E-state index contributed by atoms with van der Waals surface area (Å²) in [5.74, 6) is -0.0616. The Bertz CT molecular complexity index is 281. The summed E-state index contributed by atoms with van der Waals surface area (Å²) < 4.78 is 5.25. The molecule has 1 unspecified atom stereocenters. The molecule has 0 aromatic carbocycles. The van der Waals surface area contributed by atoms with Gasteiger partial charge in [0.15, 0.2) is 0 Å². The zero-order valence-electron chi connectivity index (χ0n) is 17.3. The van der Waals surface area contributed by atoms with Gasteiger partial charge in [0, 0.05) is 0 Å². The lowest BCUT2D eigenvalue weighted by atomic mass is 10.0. The first-order valence-electron chi connectivity index (χ1n) is 10.9. The van der Waals surface area contributed by atoms with Crippen molar-refractivity contribution in [1.82, 2.24) is 0 Å². The molecular weight excluding hydrogens is 328 g/mol. The van der Waals surface area contributed by atoms with E-state index in [4.69, 9.17) is 4.74 Å². The Kier molecular flexibility index (Phi) is 20.0. The Balaban J connectivity index is 3.08. The molecule has 0 heterocycles. The van der Waals surface area contributed by atoms with Gasteiger partial charge >= 0.3 is 5.97 Å². The Morgan fingerprint density at radius 2 is 1.08 bits per heavy atom. The molecule has 0 aromatic rings. The number of unbranched alkanes of at least 4 members (excludes halogenated alkanes) is 15. The summed E-state index contributed by atoms with van der Waals surface area (Å²) in [5.41, 5.74) is 0. The van der Waals surface area contributed by atoms with Crippen LogP contribution in [0.3, 0.4) is 0 Å². The van der Waals surface area contributed by atoms with Crippen LogP contribution in [0.5, 0.6) is 0 Å². The van der Waals surface area contributed by atoms with Crippen molar-refractivity contribution >= 4 is 17.7 Å². The zero-order valence-corrected chi connectivity index (χ0v) is 18.1. The Morgan fingerprint density at radius 3 is 1.44 bits per heavy atom. The maximum absolute atomic E-state index is 11.5. The maximum atomic E-state index is 11.5. The van der Waals surface area contributed by atoms with Crippen LogP contribution in [0.15, 0.2) is 0 Å². The van der Waals surface area contributed by atoms with Gasteiger partial charge in [-0.1, -0.05) is 103 Å². The van der Waals surface area contributed by atoms with E-state index in [1.807, 2.05) is 13.2 Å². The molecule has 0 saturated heterocycles. The van der Waals surface area contributed by atoms with Crippen molar-refractivity contribution in [1.29, 1.82) is 0 Å². The van der Waals surface area contributed by atoms with E-state index in [-0.39, 0.29) is 11.2 Å². The molecule has 0 rings (SSSR count). The number of thioether (sulfide) groups is 1. The van der Waals surface area contributed by atoms with E-state index in [1.54, 1.807) is 11.8 Å². The highest BCUT2D eigenvalue weighted by Gasteiger charge is 2.11. The van der Waals surface area contributed by atoms with Crippen LogP contribution in [-0.2, 0) is 9.53 Å². The van der Waals surface area contributed by atoms with Crippen molar-refractivity contribution in [3.8, 4) is 0 Å². The molecule has 0 aliphatic rings. The van der Waals surface area contributed by atoms with Crippen LogP contribution >= 0.6 is 11.8 Å². The molecule has 1 atom stereocenters. The van der Waals surface area contributed by atoms with Crippen molar-refractivity contribution in [2.24, 2.45) is 0 Å². The molecule has 0 radical (unpaired) electrons. The van der Waals surface area contributed by atoms with E-state index in [0.717, 1.165) is 6.42 Å². The van der Waals surface area contributed by atoms with Crippen LogP contribution in [0.1, 0.15) is 117 Å². The Labute approximate surface area is 162 Å². The smallest absolute Gasteiger partial charge is 0.318 e. The number of hydrogen-bond acceptors (Lipinski definition) is 3. The second-order valence-corrected chi connectivity index (χ2v) is 8.53. The lowest BCUT2D eigenvalue weighted by Crippen LogP contribution is -2.17. The number of ether oxygens (including phenoxy) is 1. The molecule has 2 nitrogen and oxygen atoms in total. The molecular formula is C22H44O2S. The molecule has 0 amide bonds. The largest absolute Gasteiger partial charge is 0.465 e. The first kappa shape index (κ1) is 24.8. The van der Waals surface area contributed by atoms with Gasteiger partial charge in [-0.2, -0.15) is 11.8 Å². The number of carbonyl (C=O) groups is 1. The Morgan fingerprint density at radius 1 is 0.720 bits per heavy atom. The average molecular weight is 373 g/mol. The third kappa shape index (κ3) is 18.4. The van der Waals surface area contributed by atoms with Gasteiger partial charge in [-0.15, -0.1) is 0 Å². The minimum atomic E-state index is -0.0616. The van der Waals surface area contributed by atoms with E-state index in [9.17, 15) is 4.79 Å². The quantitative estimate of drug-likeness (QED) is 0.173. The number of hydrogen-bond donors (Lipinski definition) is 0. The average Bonchev–Trinajstić information content (AvgIpc) is 2.63. The summed E-state index contributed by atoms with van der Waals surface area (Å²) in [6.07, 6.45) is 23.8. The highest BCUT2D eigenvalue weighted by Crippen LogP contribution is 2.14. The second kappa shape index (κ2) is 20.1.